The minimum absolute atomic E-state index is 0.0877. The topological polar surface area (TPSA) is 111 Å². The van der Waals surface area contributed by atoms with Gasteiger partial charge in [-0.1, -0.05) is 0 Å². The Morgan fingerprint density at radius 3 is 2.76 bits per heavy atom. The zero-order valence-electron chi connectivity index (χ0n) is 14.7. The van der Waals surface area contributed by atoms with Gasteiger partial charge >= 0.3 is 6.09 Å². The summed E-state index contributed by atoms with van der Waals surface area (Å²) in [4.78, 5) is 25.7. The normalized spacial score (nSPS) is 15.7. The summed E-state index contributed by atoms with van der Waals surface area (Å²) < 4.78 is 5.35. The summed E-state index contributed by atoms with van der Waals surface area (Å²) in [5.41, 5.74) is 1.45. The Hall–Kier alpha value is -2.32. The number of carbonyl (C=O) groups excluding carboxylic acids is 2. The first kappa shape index (κ1) is 19.0. The minimum Gasteiger partial charge on any atom is -0.444 e. The van der Waals surface area contributed by atoms with Gasteiger partial charge in [-0.3, -0.25) is 9.69 Å². The molecule has 138 valence electrons. The highest BCUT2D eigenvalue weighted by atomic mass is 16.6. The number of nitrogens with one attached hydrogen (secondary N) is 2. The molecule has 1 aromatic carbocycles. The Bertz CT molecular complexity index is 642. The van der Waals surface area contributed by atoms with E-state index < -0.39 is 17.8 Å². The summed E-state index contributed by atoms with van der Waals surface area (Å²) >= 11 is 0. The number of fused-ring (bicyclic) bond motifs is 1. The second-order valence-corrected chi connectivity index (χ2v) is 6.97. The summed E-state index contributed by atoms with van der Waals surface area (Å²) in [6, 6.07) is 5.29. The van der Waals surface area contributed by atoms with E-state index in [1.165, 1.54) is 4.90 Å². The Morgan fingerprint density at radius 1 is 1.40 bits per heavy atom. The van der Waals surface area contributed by atoms with E-state index >= 15 is 0 Å². The van der Waals surface area contributed by atoms with Crippen LogP contribution in [0, 0.1) is 0 Å². The average Bonchev–Trinajstić information content (AvgIpc) is 2.68. The van der Waals surface area contributed by atoms with Gasteiger partial charge in [-0.15, -0.1) is 0 Å². The van der Waals surface area contributed by atoms with Crippen molar-refractivity contribution in [2.24, 2.45) is 0 Å². The molecular formula is C17H25N3O5. The number of carbonyl (C=O) groups is 2. The van der Waals surface area contributed by atoms with Crippen molar-refractivity contribution in [3.8, 4) is 0 Å². The number of anilines is 2. The van der Waals surface area contributed by atoms with Gasteiger partial charge in [0.1, 0.15) is 12.1 Å². The molecule has 0 saturated heterocycles. The van der Waals surface area contributed by atoms with Crippen molar-refractivity contribution in [1.82, 2.24) is 4.90 Å². The minimum atomic E-state index is -0.864. The molecular weight excluding hydrogens is 326 g/mol. The van der Waals surface area contributed by atoms with E-state index in [4.69, 9.17) is 9.84 Å². The zero-order valence-corrected chi connectivity index (χ0v) is 14.7. The average molecular weight is 351 g/mol. The lowest BCUT2D eigenvalue weighted by molar-refractivity contribution is -0.117. The predicted octanol–water partition coefficient (Wildman–Crippen LogP) is 1.14. The third-order valence-corrected chi connectivity index (χ3v) is 3.48. The SMILES string of the molecule is CC(C)(C)OC(=O)N1CC(=O)Nc2ccc(NCC(O)CO)cc2C1. The lowest BCUT2D eigenvalue weighted by atomic mass is 10.1. The summed E-state index contributed by atoms with van der Waals surface area (Å²) in [7, 11) is 0. The van der Waals surface area contributed by atoms with E-state index in [2.05, 4.69) is 10.6 Å². The van der Waals surface area contributed by atoms with E-state index in [0.29, 0.717) is 11.4 Å². The van der Waals surface area contributed by atoms with Crippen LogP contribution in [-0.2, 0) is 16.1 Å². The molecule has 0 aliphatic carbocycles. The van der Waals surface area contributed by atoms with Crippen molar-refractivity contribution in [2.45, 2.75) is 39.0 Å². The van der Waals surface area contributed by atoms with Crippen LogP contribution in [0.25, 0.3) is 0 Å². The van der Waals surface area contributed by atoms with E-state index in [1.54, 1.807) is 39.0 Å². The predicted molar refractivity (Wildman–Crippen MR) is 93.3 cm³/mol. The quantitative estimate of drug-likeness (QED) is 0.647. The van der Waals surface area contributed by atoms with Crippen molar-refractivity contribution < 1.29 is 24.5 Å². The van der Waals surface area contributed by atoms with Crippen molar-refractivity contribution >= 4 is 23.4 Å². The first-order valence-corrected chi connectivity index (χ1v) is 8.11. The highest BCUT2D eigenvalue weighted by molar-refractivity contribution is 5.95. The molecule has 2 amide bonds. The summed E-state index contributed by atoms with van der Waals surface area (Å²) in [6.45, 7) is 5.30. The first-order chi connectivity index (χ1) is 11.7. The number of rotatable bonds is 4. The lowest BCUT2D eigenvalue weighted by Crippen LogP contribution is -2.39. The largest absolute Gasteiger partial charge is 0.444 e. The maximum Gasteiger partial charge on any atom is 0.411 e. The smallest absolute Gasteiger partial charge is 0.411 e. The van der Waals surface area contributed by atoms with E-state index in [-0.39, 0.29) is 32.1 Å². The van der Waals surface area contributed by atoms with Crippen LogP contribution in [0.3, 0.4) is 0 Å². The van der Waals surface area contributed by atoms with Gasteiger partial charge in [-0.25, -0.2) is 4.79 Å². The van der Waals surface area contributed by atoms with Crippen molar-refractivity contribution in [3.63, 3.8) is 0 Å². The molecule has 1 aliphatic rings. The fourth-order valence-corrected chi connectivity index (χ4v) is 2.34. The third-order valence-electron chi connectivity index (χ3n) is 3.48. The van der Waals surface area contributed by atoms with Crippen LogP contribution in [-0.4, -0.2) is 58.5 Å². The molecule has 1 heterocycles. The van der Waals surface area contributed by atoms with Crippen LogP contribution in [0.5, 0.6) is 0 Å². The van der Waals surface area contributed by atoms with Crippen molar-refractivity contribution in [2.75, 3.05) is 30.3 Å². The molecule has 1 aliphatic heterocycles. The molecule has 0 bridgehead atoms. The Kier molecular flexibility index (Phi) is 5.86. The number of hydrogen-bond acceptors (Lipinski definition) is 6. The molecule has 0 spiro atoms. The van der Waals surface area contributed by atoms with Crippen LogP contribution in [0.4, 0.5) is 16.2 Å². The highest BCUT2D eigenvalue weighted by Crippen LogP contribution is 2.25. The van der Waals surface area contributed by atoms with Crippen molar-refractivity contribution in [1.29, 1.82) is 0 Å². The molecule has 8 heteroatoms. The number of nitrogens with zero attached hydrogens (tertiary/aromatic N) is 1. The maximum absolute atomic E-state index is 12.3. The number of ether oxygens (including phenoxy) is 1. The monoisotopic (exact) mass is 351 g/mol. The van der Waals surface area contributed by atoms with Crippen LogP contribution in [0.2, 0.25) is 0 Å². The summed E-state index contributed by atoms with van der Waals surface area (Å²) in [5, 5.41) is 24.1. The van der Waals surface area contributed by atoms with Crippen LogP contribution in [0.1, 0.15) is 26.3 Å². The summed E-state index contributed by atoms with van der Waals surface area (Å²) in [5.74, 6) is -0.291. The Morgan fingerprint density at radius 2 is 2.12 bits per heavy atom. The van der Waals surface area contributed by atoms with Crippen LogP contribution >= 0.6 is 0 Å². The van der Waals surface area contributed by atoms with Gasteiger partial charge in [-0.05, 0) is 44.5 Å². The van der Waals surface area contributed by atoms with Gasteiger partial charge in [0.15, 0.2) is 0 Å². The Balaban J connectivity index is 2.16. The zero-order chi connectivity index (χ0) is 18.6. The molecule has 8 nitrogen and oxygen atoms in total. The maximum atomic E-state index is 12.3. The number of aliphatic hydroxyl groups excluding tert-OH is 2. The van der Waals surface area contributed by atoms with Crippen LogP contribution < -0.4 is 10.6 Å². The summed E-state index contributed by atoms with van der Waals surface area (Å²) in [6.07, 6.45) is -1.42. The fourth-order valence-electron chi connectivity index (χ4n) is 2.34. The van der Waals surface area contributed by atoms with E-state index in [0.717, 1.165) is 5.56 Å². The molecule has 4 N–H and O–H groups in total. The van der Waals surface area contributed by atoms with Gasteiger partial charge in [0.2, 0.25) is 5.91 Å². The second-order valence-electron chi connectivity index (χ2n) is 6.97. The number of aliphatic hydroxyl groups is 2. The third kappa shape index (κ3) is 5.61. The van der Waals surface area contributed by atoms with E-state index in [1.807, 2.05) is 0 Å². The first-order valence-electron chi connectivity index (χ1n) is 8.11. The molecule has 0 fully saturated rings. The molecule has 2 rings (SSSR count). The number of hydrogen-bond donors (Lipinski definition) is 4. The highest BCUT2D eigenvalue weighted by Gasteiger charge is 2.27. The molecule has 1 aromatic rings. The van der Waals surface area contributed by atoms with Gasteiger partial charge in [0, 0.05) is 17.9 Å². The van der Waals surface area contributed by atoms with Gasteiger partial charge in [-0.2, -0.15) is 0 Å². The van der Waals surface area contributed by atoms with Crippen molar-refractivity contribution in [3.05, 3.63) is 23.8 Å². The van der Waals surface area contributed by atoms with Gasteiger partial charge in [0.25, 0.3) is 0 Å². The second kappa shape index (κ2) is 7.71. The molecule has 0 aromatic heterocycles. The standard InChI is InChI=1S/C17H25N3O5/c1-17(2,3)25-16(24)20-8-11-6-12(18-7-13(22)10-21)4-5-14(11)19-15(23)9-20/h4-6,13,18,21-22H,7-10H2,1-3H3,(H,19,23). The lowest BCUT2D eigenvalue weighted by Gasteiger charge is -2.26. The molecule has 1 unspecified atom stereocenters. The van der Waals surface area contributed by atoms with Gasteiger partial charge < -0.3 is 25.6 Å². The molecule has 25 heavy (non-hydrogen) atoms. The number of amides is 2. The van der Waals surface area contributed by atoms with Crippen LogP contribution in [0.15, 0.2) is 18.2 Å². The Labute approximate surface area is 146 Å². The molecule has 1 atom stereocenters. The molecule has 0 radical (unpaired) electrons. The number of benzene rings is 1. The van der Waals surface area contributed by atoms with Gasteiger partial charge in [0.05, 0.1) is 19.3 Å². The van der Waals surface area contributed by atoms with E-state index in [9.17, 15) is 14.7 Å². The molecule has 0 saturated carbocycles. The fraction of sp³-hybridized carbons (Fsp3) is 0.529.